The molecular formula is C16H26N2O5. The van der Waals surface area contributed by atoms with Gasteiger partial charge in [0.2, 0.25) is 0 Å². The van der Waals surface area contributed by atoms with Gasteiger partial charge in [-0.15, -0.1) is 0 Å². The number of nitrogen functional groups attached to an aromatic ring is 1. The molecule has 0 unspecified atom stereocenters. The molecule has 0 heterocycles. The molecule has 0 atom stereocenters. The molecule has 1 amide bonds. The van der Waals surface area contributed by atoms with Gasteiger partial charge in [-0.3, -0.25) is 0 Å². The molecule has 0 saturated heterocycles. The molecule has 7 nitrogen and oxygen atoms in total. The lowest BCUT2D eigenvalue weighted by molar-refractivity contribution is 0.0488. The summed E-state index contributed by atoms with van der Waals surface area (Å²) < 4.78 is 21.2. The van der Waals surface area contributed by atoms with Crippen LogP contribution in [0.15, 0.2) is 18.2 Å². The van der Waals surface area contributed by atoms with Crippen LogP contribution in [0.2, 0.25) is 0 Å². The van der Waals surface area contributed by atoms with E-state index in [1.807, 2.05) is 20.8 Å². The minimum atomic E-state index is -0.503. The highest BCUT2D eigenvalue weighted by Gasteiger charge is 2.15. The van der Waals surface area contributed by atoms with Gasteiger partial charge in [-0.1, -0.05) is 0 Å². The minimum absolute atomic E-state index is 0.368. The summed E-state index contributed by atoms with van der Waals surface area (Å²) in [7, 11) is 1.56. The summed E-state index contributed by atoms with van der Waals surface area (Å²) in [5.41, 5.74) is 5.78. The number of ether oxygens (including phenoxy) is 4. The maximum absolute atomic E-state index is 11.4. The predicted octanol–water partition coefficient (Wildman–Crippen LogP) is 2.20. The third-order valence-electron chi connectivity index (χ3n) is 2.59. The highest BCUT2D eigenvalue weighted by molar-refractivity contribution is 5.67. The van der Waals surface area contributed by atoms with Gasteiger partial charge in [0.15, 0.2) is 11.5 Å². The number of hydrogen-bond acceptors (Lipinski definition) is 6. The van der Waals surface area contributed by atoms with Crippen LogP contribution < -0.4 is 20.5 Å². The molecule has 0 aliphatic rings. The molecule has 7 heteroatoms. The number of alkyl carbamates (subject to hydrolysis) is 1. The van der Waals surface area contributed by atoms with E-state index in [0.29, 0.717) is 43.6 Å². The van der Waals surface area contributed by atoms with Crippen molar-refractivity contribution in [2.45, 2.75) is 26.4 Å². The largest absolute Gasteiger partial charge is 0.493 e. The molecular weight excluding hydrogens is 300 g/mol. The number of benzene rings is 1. The number of carbonyl (C=O) groups is 1. The number of nitrogens with one attached hydrogen (secondary N) is 1. The summed E-state index contributed by atoms with van der Waals surface area (Å²) in [6.07, 6.45) is -0.455. The lowest BCUT2D eigenvalue weighted by Crippen LogP contribution is -2.34. The Bertz CT molecular complexity index is 500. The predicted molar refractivity (Wildman–Crippen MR) is 88.0 cm³/mol. The molecule has 1 aromatic rings. The Labute approximate surface area is 137 Å². The van der Waals surface area contributed by atoms with Crippen LogP contribution in [0.4, 0.5) is 10.5 Å². The quantitative estimate of drug-likeness (QED) is 0.562. The fourth-order valence-electron chi connectivity index (χ4n) is 1.66. The second-order valence-electron chi connectivity index (χ2n) is 5.80. The summed E-state index contributed by atoms with van der Waals surface area (Å²) in [5, 5.41) is 2.61. The highest BCUT2D eigenvalue weighted by atomic mass is 16.6. The van der Waals surface area contributed by atoms with Crippen LogP contribution in [-0.2, 0) is 9.47 Å². The first-order chi connectivity index (χ1) is 10.8. The zero-order chi connectivity index (χ0) is 17.3. The Morgan fingerprint density at radius 3 is 2.57 bits per heavy atom. The molecule has 0 aliphatic carbocycles. The summed E-state index contributed by atoms with van der Waals surface area (Å²) >= 11 is 0. The van der Waals surface area contributed by atoms with Gasteiger partial charge in [-0.25, -0.2) is 4.79 Å². The van der Waals surface area contributed by atoms with Crippen molar-refractivity contribution in [1.29, 1.82) is 0 Å². The van der Waals surface area contributed by atoms with E-state index in [0.717, 1.165) is 0 Å². The van der Waals surface area contributed by atoms with Crippen molar-refractivity contribution in [2.24, 2.45) is 0 Å². The lowest BCUT2D eigenvalue weighted by atomic mass is 10.2. The third-order valence-corrected chi connectivity index (χ3v) is 2.59. The summed E-state index contributed by atoms with van der Waals surface area (Å²) in [4.78, 5) is 11.4. The van der Waals surface area contributed by atoms with Crippen molar-refractivity contribution >= 4 is 11.8 Å². The SMILES string of the molecule is COc1cc(N)ccc1OCCOCCNC(=O)OC(C)(C)C. The molecule has 23 heavy (non-hydrogen) atoms. The normalized spacial score (nSPS) is 11.0. The topological polar surface area (TPSA) is 92.0 Å². The molecule has 1 rings (SSSR count). The van der Waals surface area contributed by atoms with Gasteiger partial charge in [0, 0.05) is 18.3 Å². The second kappa shape index (κ2) is 9.09. The highest BCUT2D eigenvalue weighted by Crippen LogP contribution is 2.28. The van der Waals surface area contributed by atoms with Crippen molar-refractivity contribution in [3.63, 3.8) is 0 Å². The van der Waals surface area contributed by atoms with Gasteiger partial charge in [0.1, 0.15) is 12.2 Å². The van der Waals surface area contributed by atoms with Crippen LogP contribution in [0.1, 0.15) is 20.8 Å². The molecule has 0 radical (unpaired) electrons. The lowest BCUT2D eigenvalue weighted by Gasteiger charge is -2.19. The van der Waals surface area contributed by atoms with E-state index in [9.17, 15) is 4.79 Å². The summed E-state index contributed by atoms with van der Waals surface area (Å²) in [5.74, 6) is 1.19. The Morgan fingerprint density at radius 1 is 1.17 bits per heavy atom. The molecule has 0 aromatic heterocycles. The van der Waals surface area contributed by atoms with Gasteiger partial charge in [0.05, 0.1) is 20.3 Å². The molecule has 1 aromatic carbocycles. The molecule has 3 N–H and O–H groups in total. The van der Waals surface area contributed by atoms with Gasteiger partial charge < -0.3 is 30.0 Å². The van der Waals surface area contributed by atoms with Crippen LogP contribution >= 0.6 is 0 Å². The molecule has 0 saturated carbocycles. The smallest absolute Gasteiger partial charge is 0.407 e. The van der Waals surface area contributed by atoms with E-state index < -0.39 is 11.7 Å². The average Bonchev–Trinajstić information content (AvgIpc) is 2.45. The Morgan fingerprint density at radius 2 is 1.91 bits per heavy atom. The van der Waals surface area contributed by atoms with Crippen LogP contribution in [0, 0.1) is 0 Å². The maximum Gasteiger partial charge on any atom is 0.407 e. The number of nitrogens with two attached hydrogens (primary N) is 1. The van der Waals surface area contributed by atoms with Gasteiger partial charge in [-0.05, 0) is 32.9 Å². The Balaban J connectivity index is 2.13. The van der Waals surface area contributed by atoms with Crippen LogP contribution in [0.25, 0.3) is 0 Å². The van der Waals surface area contributed by atoms with Crippen LogP contribution in [0.5, 0.6) is 11.5 Å². The van der Waals surface area contributed by atoms with Crippen molar-refractivity contribution < 1.29 is 23.7 Å². The second-order valence-corrected chi connectivity index (χ2v) is 5.80. The maximum atomic E-state index is 11.4. The molecule has 0 fully saturated rings. The average molecular weight is 326 g/mol. The number of hydrogen-bond donors (Lipinski definition) is 2. The summed E-state index contributed by atoms with van der Waals surface area (Å²) in [6, 6.07) is 5.18. The van der Waals surface area contributed by atoms with Crippen molar-refractivity contribution in [3.8, 4) is 11.5 Å². The Hall–Kier alpha value is -2.15. The number of anilines is 1. The van der Waals surface area contributed by atoms with Gasteiger partial charge >= 0.3 is 6.09 Å². The van der Waals surface area contributed by atoms with Crippen molar-refractivity contribution in [2.75, 3.05) is 39.2 Å². The first-order valence-corrected chi connectivity index (χ1v) is 7.43. The van der Waals surface area contributed by atoms with Crippen LogP contribution in [0.3, 0.4) is 0 Å². The van der Waals surface area contributed by atoms with Crippen LogP contribution in [-0.4, -0.2) is 45.2 Å². The first kappa shape index (κ1) is 18.9. The van der Waals surface area contributed by atoms with Crippen molar-refractivity contribution in [1.82, 2.24) is 5.32 Å². The summed E-state index contributed by atoms with van der Waals surface area (Å²) in [6.45, 7) is 6.95. The molecule has 0 aliphatic heterocycles. The molecule has 0 bridgehead atoms. The minimum Gasteiger partial charge on any atom is -0.493 e. The Kier molecular flexibility index (Phi) is 7.47. The zero-order valence-electron chi connectivity index (χ0n) is 14.2. The van der Waals surface area contributed by atoms with E-state index in [2.05, 4.69) is 5.32 Å². The monoisotopic (exact) mass is 326 g/mol. The van der Waals surface area contributed by atoms with Gasteiger partial charge in [-0.2, -0.15) is 0 Å². The zero-order valence-corrected chi connectivity index (χ0v) is 14.2. The number of carbonyl (C=O) groups excluding carboxylic acids is 1. The third kappa shape index (κ3) is 8.15. The number of methoxy groups -OCH3 is 1. The fourth-order valence-corrected chi connectivity index (χ4v) is 1.66. The fraction of sp³-hybridized carbons (Fsp3) is 0.562. The van der Waals surface area contributed by atoms with E-state index >= 15 is 0 Å². The number of rotatable bonds is 8. The standard InChI is InChI=1S/C16H26N2O5/c1-16(2,3)23-15(19)18-7-8-21-9-10-22-13-6-5-12(17)11-14(13)20-4/h5-6,11H,7-10,17H2,1-4H3,(H,18,19). The molecule has 130 valence electrons. The van der Waals surface area contributed by atoms with Gasteiger partial charge in [0.25, 0.3) is 0 Å². The van der Waals surface area contributed by atoms with Crippen molar-refractivity contribution in [3.05, 3.63) is 18.2 Å². The molecule has 0 spiro atoms. The first-order valence-electron chi connectivity index (χ1n) is 7.43. The van der Waals surface area contributed by atoms with E-state index in [1.165, 1.54) is 0 Å². The number of amides is 1. The van der Waals surface area contributed by atoms with E-state index in [-0.39, 0.29) is 0 Å². The van der Waals surface area contributed by atoms with E-state index in [1.54, 1.807) is 25.3 Å². The van der Waals surface area contributed by atoms with E-state index in [4.69, 9.17) is 24.7 Å².